The summed E-state index contributed by atoms with van der Waals surface area (Å²) < 4.78 is 60.4. The number of halogens is 5. The highest BCUT2D eigenvalue weighted by Crippen LogP contribution is 2.44. The van der Waals surface area contributed by atoms with Gasteiger partial charge in [0.05, 0.1) is 24.5 Å². The zero-order valence-corrected chi connectivity index (χ0v) is 16.9. The van der Waals surface area contributed by atoms with Crippen LogP contribution in [0.15, 0.2) is 48.5 Å². The topological polar surface area (TPSA) is 54.4 Å². The molecule has 0 saturated heterocycles. The first kappa shape index (κ1) is 22.1. The van der Waals surface area contributed by atoms with Crippen LogP contribution in [0.1, 0.15) is 17.3 Å². The number of anilines is 1. The van der Waals surface area contributed by atoms with Gasteiger partial charge in [0.1, 0.15) is 0 Å². The van der Waals surface area contributed by atoms with Crippen LogP contribution in [-0.2, 0) is 0 Å². The van der Waals surface area contributed by atoms with E-state index in [4.69, 9.17) is 16.3 Å². The van der Waals surface area contributed by atoms with E-state index in [1.54, 1.807) is 37.3 Å². The van der Waals surface area contributed by atoms with Gasteiger partial charge in [0.15, 0.2) is 17.2 Å². The molecular formula is C21H19ClF4N2O2. The number of pyridine rings is 1. The lowest BCUT2D eigenvalue weighted by Gasteiger charge is -2.37. The van der Waals surface area contributed by atoms with Crippen LogP contribution in [0, 0.1) is 12.7 Å². The minimum atomic E-state index is -5.08. The van der Waals surface area contributed by atoms with Gasteiger partial charge >= 0.3 is 6.18 Å². The average Bonchev–Trinajstić information content (AvgIpc) is 2.71. The molecule has 1 aromatic heterocycles. The first-order valence-electron chi connectivity index (χ1n) is 8.92. The Kier molecular flexibility index (Phi) is 6.10. The first-order chi connectivity index (χ1) is 14.1. The van der Waals surface area contributed by atoms with Crippen molar-refractivity contribution in [1.82, 2.24) is 4.98 Å². The van der Waals surface area contributed by atoms with Crippen molar-refractivity contribution in [1.29, 1.82) is 0 Å². The van der Waals surface area contributed by atoms with E-state index in [-0.39, 0.29) is 11.3 Å². The Bertz CT molecular complexity index is 1060. The molecule has 0 radical (unpaired) electrons. The fraction of sp³-hybridized carbons (Fsp3) is 0.286. The molecule has 0 fully saturated rings. The third kappa shape index (κ3) is 4.02. The van der Waals surface area contributed by atoms with Crippen LogP contribution in [0.25, 0.3) is 10.9 Å². The third-order valence-electron chi connectivity index (χ3n) is 4.85. The highest BCUT2D eigenvalue weighted by molar-refractivity contribution is 6.18. The van der Waals surface area contributed by atoms with Crippen molar-refractivity contribution >= 4 is 28.2 Å². The Balaban J connectivity index is 2.18. The molecule has 2 N–H and O–H groups in total. The molecule has 4 nitrogen and oxygen atoms in total. The molecule has 0 amide bonds. The maximum Gasteiger partial charge on any atom is 0.420 e. The molecule has 0 bridgehead atoms. The van der Waals surface area contributed by atoms with E-state index >= 15 is 0 Å². The number of alkyl halides is 4. The molecule has 160 valence electrons. The highest BCUT2D eigenvalue weighted by atomic mass is 35.5. The van der Waals surface area contributed by atoms with Crippen LogP contribution in [0.2, 0.25) is 0 Å². The Morgan fingerprint density at radius 3 is 2.53 bits per heavy atom. The molecule has 0 saturated carbocycles. The maximum atomic E-state index is 13.9. The lowest BCUT2D eigenvalue weighted by atomic mass is 9.88. The molecule has 0 aliphatic heterocycles. The smallest absolute Gasteiger partial charge is 0.420 e. The van der Waals surface area contributed by atoms with Gasteiger partial charge in [-0.2, -0.15) is 13.2 Å². The molecule has 9 heteroatoms. The predicted molar refractivity (Wildman–Crippen MR) is 108 cm³/mol. The van der Waals surface area contributed by atoms with Gasteiger partial charge in [-0.05, 0) is 48.9 Å². The second kappa shape index (κ2) is 8.28. The summed E-state index contributed by atoms with van der Waals surface area (Å²) in [7, 11) is 1.20. The zero-order chi connectivity index (χ0) is 22.1. The second-order valence-corrected chi connectivity index (χ2v) is 7.12. The van der Waals surface area contributed by atoms with Gasteiger partial charge in [-0.3, -0.25) is 4.98 Å². The monoisotopic (exact) mass is 442 g/mol. The van der Waals surface area contributed by atoms with E-state index in [0.717, 1.165) is 23.9 Å². The SMILES string of the molecule is COc1cc(C(Nc2cccc3nc(C)ccc23)C(O)(CCl)C(F)(F)F)ccc1F. The van der Waals surface area contributed by atoms with E-state index in [2.05, 4.69) is 10.3 Å². The lowest BCUT2D eigenvalue weighted by molar-refractivity contribution is -0.257. The zero-order valence-electron chi connectivity index (χ0n) is 16.1. The molecule has 3 aromatic rings. The molecule has 2 unspecified atom stereocenters. The Hall–Kier alpha value is -2.58. The summed E-state index contributed by atoms with van der Waals surface area (Å²) in [6.45, 7) is 1.79. The minimum Gasteiger partial charge on any atom is -0.494 e. The maximum absolute atomic E-state index is 13.9. The number of methoxy groups -OCH3 is 1. The molecule has 2 atom stereocenters. The van der Waals surface area contributed by atoms with Crippen LogP contribution in [0.4, 0.5) is 23.2 Å². The summed E-state index contributed by atoms with van der Waals surface area (Å²) in [5.74, 6) is -2.14. The van der Waals surface area contributed by atoms with Gasteiger partial charge in [-0.15, -0.1) is 11.6 Å². The molecule has 0 aliphatic rings. The van der Waals surface area contributed by atoms with Gasteiger partial charge in [0.25, 0.3) is 0 Å². The van der Waals surface area contributed by atoms with Crippen molar-refractivity contribution in [3.8, 4) is 5.75 Å². The van der Waals surface area contributed by atoms with Gasteiger partial charge in [-0.1, -0.05) is 12.1 Å². The van der Waals surface area contributed by atoms with E-state index in [9.17, 15) is 22.7 Å². The number of nitrogens with zero attached hydrogens (tertiary/aromatic N) is 1. The number of fused-ring (bicyclic) bond motifs is 1. The van der Waals surface area contributed by atoms with Crippen molar-refractivity contribution in [2.75, 3.05) is 18.3 Å². The number of aliphatic hydroxyl groups is 1. The fourth-order valence-electron chi connectivity index (χ4n) is 3.19. The lowest BCUT2D eigenvalue weighted by Crippen LogP contribution is -2.54. The minimum absolute atomic E-state index is 0.0502. The number of ether oxygens (including phenoxy) is 1. The second-order valence-electron chi connectivity index (χ2n) is 6.85. The summed E-state index contributed by atoms with van der Waals surface area (Å²) >= 11 is 5.62. The van der Waals surface area contributed by atoms with Crippen LogP contribution in [0.3, 0.4) is 0 Å². The van der Waals surface area contributed by atoms with Gasteiger partial charge in [0.2, 0.25) is 0 Å². The fourth-order valence-corrected chi connectivity index (χ4v) is 3.50. The van der Waals surface area contributed by atoms with E-state index in [1.165, 1.54) is 7.11 Å². The summed E-state index contributed by atoms with van der Waals surface area (Å²) in [5, 5.41) is 13.9. The van der Waals surface area contributed by atoms with E-state index in [0.29, 0.717) is 16.6 Å². The third-order valence-corrected chi connectivity index (χ3v) is 5.26. The van der Waals surface area contributed by atoms with Gasteiger partial charge in [-0.25, -0.2) is 4.39 Å². The Morgan fingerprint density at radius 2 is 1.90 bits per heavy atom. The molecular weight excluding hydrogens is 424 g/mol. The highest BCUT2D eigenvalue weighted by Gasteiger charge is 2.59. The molecule has 0 aliphatic carbocycles. The quantitative estimate of drug-likeness (QED) is 0.398. The number of aryl methyl sites for hydroxylation is 1. The average molecular weight is 443 g/mol. The normalized spacial score (nSPS) is 14.9. The number of rotatable bonds is 6. The van der Waals surface area contributed by atoms with Crippen molar-refractivity contribution in [2.45, 2.75) is 24.7 Å². The van der Waals surface area contributed by atoms with Crippen LogP contribution in [-0.4, -0.2) is 34.9 Å². The van der Waals surface area contributed by atoms with Crippen LogP contribution in [0.5, 0.6) is 5.75 Å². The molecule has 2 aromatic carbocycles. The van der Waals surface area contributed by atoms with E-state index < -0.39 is 29.5 Å². The van der Waals surface area contributed by atoms with Crippen molar-refractivity contribution < 1.29 is 27.4 Å². The number of hydrogen-bond acceptors (Lipinski definition) is 4. The number of aromatic nitrogens is 1. The Labute approximate surface area is 175 Å². The Morgan fingerprint density at radius 1 is 1.17 bits per heavy atom. The molecule has 30 heavy (non-hydrogen) atoms. The number of benzene rings is 2. The first-order valence-corrected chi connectivity index (χ1v) is 9.45. The van der Waals surface area contributed by atoms with Crippen LogP contribution >= 0.6 is 11.6 Å². The number of nitrogens with one attached hydrogen (secondary N) is 1. The standard InChI is InChI=1S/C21H19ClF4N2O2/c1-12-6-8-14-16(27-12)4-3-5-17(14)28-19(20(29,11-22)21(24,25)26)13-7-9-15(23)18(10-13)30-2/h3-10,19,28-29H,11H2,1-2H3. The summed E-state index contributed by atoms with van der Waals surface area (Å²) in [4.78, 5) is 4.37. The summed E-state index contributed by atoms with van der Waals surface area (Å²) in [6.07, 6.45) is -5.08. The van der Waals surface area contributed by atoms with Crippen molar-refractivity contribution in [2.24, 2.45) is 0 Å². The molecule has 3 rings (SSSR count). The number of hydrogen-bond donors (Lipinski definition) is 2. The largest absolute Gasteiger partial charge is 0.494 e. The van der Waals surface area contributed by atoms with Crippen molar-refractivity contribution in [3.63, 3.8) is 0 Å². The predicted octanol–water partition coefficient (Wildman–Crippen LogP) is 5.38. The van der Waals surface area contributed by atoms with Crippen molar-refractivity contribution in [3.05, 3.63) is 65.6 Å². The molecule has 0 spiro atoms. The van der Waals surface area contributed by atoms with E-state index in [1.807, 2.05) is 0 Å². The summed E-state index contributed by atoms with van der Waals surface area (Å²) in [5.41, 5.74) is -1.78. The van der Waals surface area contributed by atoms with Crippen LogP contribution < -0.4 is 10.1 Å². The summed E-state index contributed by atoms with van der Waals surface area (Å²) in [6, 6.07) is 9.83. The molecule has 1 heterocycles. The van der Waals surface area contributed by atoms with Gasteiger partial charge in [0, 0.05) is 16.8 Å². The van der Waals surface area contributed by atoms with Gasteiger partial charge < -0.3 is 15.2 Å².